The van der Waals surface area contributed by atoms with E-state index < -0.39 is 0 Å². The number of fused-ring (bicyclic) bond motifs is 2. The van der Waals surface area contributed by atoms with Gasteiger partial charge in [-0.1, -0.05) is 33.6 Å². The maximum atomic E-state index is 9.62. The van der Waals surface area contributed by atoms with Gasteiger partial charge in [0.25, 0.3) is 0 Å². The Bertz CT molecular complexity index is 803. The molecule has 4 unspecified atom stereocenters. The zero-order chi connectivity index (χ0) is 23.4. The monoisotopic (exact) mass is 452 g/mol. The van der Waals surface area contributed by atoms with Gasteiger partial charge in [-0.25, -0.2) is 4.98 Å². The van der Waals surface area contributed by atoms with Gasteiger partial charge in [-0.2, -0.15) is 10.2 Å². The molecule has 33 heavy (non-hydrogen) atoms. The Balaban J connectivity index is 1.39. The van der Waals surface area contributed by atoms with Crippen molar-refractivity contribution in [3.05, 3.63) is 11.8 Å². The Morgan fingerprint density at radius 1 is 1.15 bits per heavy atom. The zero-order valence-electron chi connectivity index (χ0n) is 20.9. The van der Waals surface area contributed by atoms with Crippen LogP contribution in [0.25, 0.3) is 0 Å². The highest BCUT2D eigenvalue weighted by molar-refractivity contribution is 5.53. The first kappa shape index (κ1) is 24.3. The molecule has 182 valence electrons. The average Bonchev–Trinajstić information content (AvgIpc) is 2.78. The summed E-state index contributed by atoms with van der Waals surface area (Å²) in [6.45, 7) is 7.86. The number of anilines is 2. The van der Waals surface area contributed by atoms with E-state index in [9.17, 15) is 5.26 Å². The van der Waals surface area contributed by atoms with Crippen molar-refractivity contribution in [1.29, 1.82) is 5.26 Å². The molecular formula is C27H44N6. The minimum Gasteiger partial charge on any atom is -0.369 e. The molecule has 1 heterocycles. The third-order valence-corrected chi connectivity index (χ3v) is 8.65. The summed E-state index contributed by atoms with van der Waals surface area (Å²) >= 11 is 0. The fourth-order valence-corrected chi connectivity index (χ4v) is 6.71. The molecule has 7 atom stereocenters. The predicted molar refractivity (Wildman–Crippen MR) is 135 cm³/mol. The summed E-state index contributed by atoms with van der Waals surface area (Å²) in [7, 11) is 0. The lowest BCUT2D eigenvalue weighted by atomic mass is 9.65. The van der Waals surface area contributed by atoms with Crippen LogP contribution in [0.4, 0.5) is 11.8 Å². The average molecular weight is 453 g/mol. The summed E-state index contributed by atoms with van der Waals surface area (Å²) in [6.07, 6.45) is 14.2. The quantitative estimate of drug-likeness (QED) is 0.477. The molecule has 1 aromatic heterocycles. The van der Waals surface area contributed by atoms with Gasteiger partial charge in [0.2, 0.25) is 5.95 Å². The summed E-state index contributed by atoms with van der Waals surface area (Å²) < 4.78 is 0. The summed E-state index contributed by atoms with van der Waals surface area (Å²) in [6, 6.07) is 3.08. The first-order valence-electron chi connectivity index (χ1n) is 13.5. The third kappa shape index (κ3) is 6.18. The van der Waals surface area contributed by atoms with E-state index in [0.717, 1.165) is 18.4 Å². The predicted octanol–water partition coefficient (Wildman–Crippen LogP) is 5.57. The van der Waals surface area contributed by atoms with Gasteiger partial charge in [0.1, 0.15) is 17.5 Å². The molecule has 0 radical (unpaired) electrons. The van der Waals surface area contributed by atoms with Gasteiger partial charge in [-0.05, 0) is 86.9 Å². The van der Waals surface area contributed by atoms with Crippen LogP contribution in [0, 0.1) is 46.8 Å². The second kappa shape index (κ2) is 11.0. The summed E-state index contributed by atoms with van der Waals surface area (Å²) in [4.78, 5) is 9.28. The molecule has 0 saturated heterocycles. The first-order chi connectivity index (χ1) is 15.9. The van der Waals surface area contributed by atoms with Crippen LogP contribution in [-0.4, -0.2) is 28.6 Å². The van der Waals surface area contributed by atoms with E-state index in [0.29, 0.717) is 53.1 Å². The maximum Gasteiger partial charge on any atom is 0.224 e. The first-order valence-corrected chi connectivity index (χ1v) is 13.5. The van der Waals surface area contributed by atoms with Crippen LogP contribution in [0.15, 0.2) is 6.20 Å². The number of nitrogens with zero attached hydrogens (tertiary/aromatic N) is 3. The molecule has 3 fully saturated rings. The summed E-state index contributed by atoms with van der Waals surface area (Å²) in [5.74, 6) is 5.47. The van der Waals surface area contributed by atoms with E-state index in [1.54, 1.807) is 6.20 Å². The van der Waals surface area contributed by atoms with Crippen LogP contribution < -0.4 is 16.4 Å². The van der Waals surface area contributed by atoms with Crippen molar-refractivity contribution in [2.24, 2.45) is 41.2 Å². The lowest BCUT2D eigenvalue weighted by Crippen LogP contribution is -2.47. The van der Waals surface area contributed by atoms with Crippen LogP contribution >= 0.6 is 0 Å². The number of nitrogens with one attached hydrogen (secondary N) is 2. The molecule has 6 nitrogen and oxygen atoms in total. The molecule has 1 aromatic rings. The Labute approximate surface area is 200 Å². The third-order valence-electron chi connectivity index (χ3n) is 8.65. The Hall–Kier alpha value is -1.87. The molecule has 4 rings (SSSR count). The molecule has 0 aromatic carbocycles. The smallest absolute Gasteiger partial charge is 0.224 e. The van der Waals surface area contributed by atoms with Crippen LogP contribution in [0.5, 0.6) is 0 Å². The van der Waals surface area contributed by atoms with Crippen LogP contribution in [0.1, 0.15) is 90.5 Å². The van der Waals surface area contributed by atoms with E-state index in [1.807, 2.05) is 0 Å². The highest BCUT2D eigenvalue weighted by Gasteiger charge is 2.38. The van der Waals surface area contributed by atoms with Crippen molar-refractivity contribution in [2.75, 3.05) is 17.2 Å². The summed E-state index contributed by atoms with van der Waals surface area (Å²) in [5.41, 5.74) is 7.00. The summed E-state index contributed by atoms with van der Waals surface area (Å²) in [5, 5.41) is 16.8. The van der Waals surface area contributed by atoms with Gasteiger partial charge < -0.3 is 16.4 Å². The number of nitrogens with two attached hydrogens (primary N) is 1. The van der Waals surface area contributed by atoms with Crippen molar-refractivity contribution in [1.82, 2.24) is 9.97 Å². The normalized spacial score (nSPS) is 34.0. The lowest BCUT2D eigenvalue weighted by molar-refractivity contribution is 0.112. The van der Waals surface area contributed by atoms with E-state index in [4.69, 9.17) is 10.7 Å². The molecule has 4 N–H and O–H groups in total. The molecule has 3 saturated carbocycles. The van der Waals surface area contributed by atoms with Gasteiger partial charge in [0, 0.05) is 18.6 Å². The molecule has 2 bridgehead atoms. The topological polar surface area (TPSA) is 99.7 Å². The highest BCUT2D eigenvalue weighted by atomic mass is 15.2. The van der Waals surface area contributed by atoms with Crippen LogP contribution in [0.3, 0.4) is 0 Å². The molecule has 3 aliphatic carbocycles. The van der Waals surface area contributed by atoms with Gasteiger partial charge in [0.15, 0.2) is 0 Å². The fraction of sp³-hybridized carbons (Fsp3) is 0.815. The van der Waals surface area contributed by atoms with Crippen molar-refractivity contribution in [2.45, 2.75) is 97.1 Å². The highest BCUT2D eigenvalue weighted by Crippen LogP contribution is 2.42. The van der Waals surface area contributed by atoms with Gasteiger partial charge in [-0.15, -0.1) is 0 Å². The molecular weight excluding hydrogens is 408 g/mol. The minimum atomic E-state index is 0.390. The van der Waals surface area contributed by atoms with Crippen molar-refractivity contribution in [3.8, 4) is 6.07 Å². The van der Waals surface area contributed by atoms with Crippen LogP contribution in [0.2, 0.25) is 0 Å². The zero-order valence-corrected chi connectivity index (χ0v) is 20.9. The second-order valence-electron chi connectivity index (χ2n) is 11.7. The Morgan fingerprint density at radius 3 is 2.61 bits per heavy atom. The van der Waals surface area contributed by atoms with Crippen molar-refractivity contribution >= 4 is 11.8 Å². The van der Waals surface area contributed by atoms with Gasteiger partial charge >= 0.3 is 0 Å². The Kier molecular flexibility index (Phi) is 8.11. The largest absolute Gasteiger partial charge is 0.369 e. The van der Waals surface area contributed by atoms with E-state index in [2.05, 4.69) is 42.5 Å². The van der Waals surface area contributed by atoms with Crippen LogP contribution in [-0.2, 0) is 0 Å². The Morgan fingerprint density at radius 2 is 1.91 bits per heavy atom. The molecule has 0 aliphatic heterocycles. The SMILES string of the molecule is CC(C)CCC1CC(C)CCC1Nc1ncc(C#N)c(NCC2C[C@H]3CCC[C@@H](C2)[C@@H]3N)n1. The number of nitriles is 1. The van der Waals surface area contributed by atoms with Crippen molar-refractivity contribution < 1.29 is 0 Å². The van der Waals surface area contributed by atoms with Gasteiger partial charge in [0.05, 0.1) is 6.20 Å². The van der Waals surface area contributed by atoms with Gasteiger partial charge in [-0.3, -0.25) is 0 Å². The van der Waals surface area contributed by atoms with E-state index in [1.165, 1.54) is 64.2 Å². The van der Waals surface area contributed by atoms with Crippen molar-refractivity contribution in [3.63, 3.8) is 0 Å². The van der Waals surface area contributed by atoms with E-state index in [-0.39, 0.29) is 0 Å². The number of hydrogen-bond acceptors (Lipinski definition) is 6. The second-order valence-corrected chi connectivity index (χ2v) is 11.7. The number of hydrogen-bond donors (Lipinski definition) is 3. The van der Waals surface area contributed by atoms with E-state index >= 15 is 0 Å². The molecule has 3 aliphatic rings. The maximum absolute atomic E-state index is 9.62. The lowest BCUT2D eigenvalue weighted by Gasteiger charge is -2.44. The molecule has 0 amide bonds. The minimum absolute atomic E-state index is 0.390. The standard InChI is InChI=1S/C27H44N6/c1-17(2)7-9-20-11-18(3)8-10-24(20)32-27-31-16-23(14-28)26(33-27)30-15-19-12-21-5-4-6-22(13-19)25(21)29/h16-22,24-25H,4-13,15,29H2,1-3H3,(H2,30,31,32,33)/t18?,19?,20?,21-,22+,24?,25-. The fourth-order valence-electron chi connectivity index (χ4n) is 6.71. The molecule has 0 spiro atoms. The molecule has 6 heteroatoms. The number of aromatic nitrogens is 2. The number of rotatable bonds is 8.